The van der Waals surface area contributed by atoms with Crippen LogP contribution in [0.1, 0.15) is 32.0 Å². The van der Waals surface area contributed by atoms with Gasteiger partial charge in [-0.15, -0.1) is 11.3 Å². The highest BCUT2D eigenvalue weighted by Gasteiger charge is 2.17. The van der Waals surface area contributed by atoms with Gasteiger partial charge in [0.1, 0.15) is 6.07 Å². The van der Waals surface area contributed by atoms with Crippen molar-refractivity contribution in [3.05, 3.63) is 39.9 Å². The van der Waals surface area contributed by atoms with Crippen molar-refractivity contribution in [2.45, 2.75) is 26.2 Å². The number of halogens is 1. The standard InChI is InChI=1S/C14H14ClN3S/c1-14(2,3)12-8-19-13(18-12)17-10-5-4-9(7-16)11(15)6-10/h4-6,8H,1-3H3,(H,17,18). The van der Waals surface area contributed by atoms with E-state index in [1.165, 1.54) is 0 Å². The molecule has 0 unspecified atom stereocenters. The van der Waals surface area contributed by atoms with Crippen molar-refractivity contribution in [1.82, 2.24) is 4.98 Å². The van der Waals surface area contributed by atoms with Gasteiger partial charge in [0, 0.05) is 16.5 Å². The Balaban J connectivity index is 2.20. The van der Waals surface area contributed by atoms with Gasteiger partial charge in [0.05, 0.1) is 16.3 Å². The van der Waals surface area contributed by atoms with E-state index in [9.17, 15) is 0 Å². The third-order valence-corrected chi connectivity index (χ3v) is 3.68. The van der Waals surface area contributed by atoms with Crippen LogP contribution in [0.2, 0.25) is 5.02 Å². The quantitative estimate of drug-likeness (QED) is 0.872. The van der Waals surface area contributed by atoms with Gasteiger partial charge in [-0.2, -0.15) is 5.26 Å². The smallest absolute Gasteiger partial charge is 0.187 e. The minimum atomic E-state index is 0.0404. The first-order chi connectivity index (χ1) is 8.90. The van der Waals surface area contributed by atoms with Crippen LogP contribution < -0.4 is 5.32 Å². The molecule has 0 saturated carbocycles. The van der Waals surface area contributed by atoms with E-state index >= 15 is 0 Å². The molecule has 5 heteroatoms. The molecule has 19 heavy (non-hydrogen) atoms. The third kappa shape index (κ3) is 3.25. The zero-order valence-corrected chi connectivity index (χ0v) is 12.6. The van der Waals surface area contributed by atoms with E-state index in [2.05, 4.69) is 31.1 Å². The largest absolute Gasteiger partial charge is 0.331 e. The fraction of sp³-hybridized carbons (Fsp3) is 0.286. The zero-order valence-electron chi connectivity index (χ0n) is 11.0. The second kappa shape index (κ2) is 5.20. The fourth-order valence-corrected chi connectivity index (χ4v) is 2.66. The number of hydrogen-bond donors (Lipinski definition) is 1. The van der Waals surface area contributed by atoms with Crippen molar-refractivity contribution in [2.24, 2.45) is 0 Å². The molecule has 0 amide bonds. The van der Waals surface area contributed by atoms with E-state index in [4.69, 9.17) is 16.9 Å². The van der Waals surface area contributed by atoms with Crippen molar-refractivity contribution in [1.29, 1.82) is 5.26 Å². The first kappa shape index (κ1) is 13.9. The summed E-state index contributed by atoms with van der Waals surface area (Å²) in [7, 11) is 0. The van der Waals surface area contributed by atoms with Crippen LogP contribution in [0.25, 0.3) is 0 Å². The lowest BCUT2D eigenvalue weighted by Gasteiger charge is -2.14. The lowest BCUT2D eigenvalue weighted by atomic mass is 9.93. The van der Waals surface area contributed by atoms with Gasteiger partial charge in [0.25, 0.3) is 0 Å². The molecule has 0 aliphatic carbocycles. The average Bonchev–Trinajstić information content (AvgIpc) is 2.77. The molecule has 1 heterocycles. The van der Waals surface area contributed by atoms with Crippen molar-refractivity contribution in [2.75, 3.05) is 5.32 Å². The number of thiazole rings is 1. The molecular formula is C14H14ClN3S. The van der Waals surface area contributed by atoms with Gasteiger partial charge in [-0.3, -0.25) is 0 Å². The molecule has 0 fully saturated rings. The molecular weight excluding hydrogens is 278 g/mol. The molecule has 1 aromatic carbocycles. The first-order valence-electron chi connectivity index (χ1n) is 5.83. The normalized spacial score (nSPS) is 11.1. The third-order valence-electron chi connectivity index (χ3n) is 2.61. The Morgan fingerprint density at radius 1 is 1.37 bits per heavy atom. The molecule has 98 valence electrons. The fourth-order valence-electron chi connectivity index (χ4n) is 1.48. The molecule has 0 saturated heterocycles. The monoisotopic (exact) mass is 291 g/mol. The lowest BCUT2D eigenvalue weighted by Crippen LogP contribution is -2.11. The van der Waals surface area contributed by atoms with Gasteiger partial charge in [-0.25, -0.2) is 4.98 Å². The highest BCUT2D eigenvalue weighted by molar-refractivity contribution is 7.13. The van der Waals surface area contributed by atoms with Crippen LogP contribution in [0.5, 0.6) is 0 Å². The molecule has 0 spiro atoms. The van der Waals surface area contributed by atoms with E-state index in [1.54, 1.807) is 23.5 Å². The van der Waals surface area contributed by atoms with Gasteiger partial charge >= 0.3 is 0 Å². The molecule has 0 aliphatic heterocycles. The summed E-state index contributed by atoms with van der Waals surface area (Å²) in [6.07, 6.45) is 0. The number of nitriles is 1. The van der Waals surface area contributed by atoms with Crippen LogP contribution in [-0.2, 0) is 5.41 Å². The summed E-state index contributed by atoms with van der Waals surface area (Å²) in [6.45, 7) is 6.39. The van der Waals surface area contributed by atoms with Crippen LogP contribution in [0.15, 0.2) is 23.6 Å². The molecule has 2 rings (SSSR count). The second-order valence-corrected chi connectivity index (χ2v) is 6.48. The lowest BCUT2D eigenvalue weighted by molar-refractivity contribution is 0.573. The van der Waals surface area contributed by atoms with Gasteiger partial charge in [-0.05, 0) is 18.2 Å². The minimum absolute atomic E-state index is 0.0404. The van der Waals surface area contributed by atoms with E-state index < -0.39 is 0 Å². The van der Waals surface area contributed by atoms with Crippen LogP contribution in [0, 0.1) is 11.3 Å². The van der Waals surface area contributed by atoms with Gasteiger partial charge < -0.3 is 5.32 Å². The predicted molar refractivity (Wildman–Crippen MR) is 80.3 cm³/mol. The second-order valence-electron chi connectivity index (χ2n) is 5.22. The van der Waals surface area contributed by atoms with E-state index in [0.717, 1.165) is 16.5 Å². The Morgan fingerprint density at radius 3 is 2.63 bits per heavy atom. The molecule has 0 aliphatic rings. The minimum Gasteiger partial charge on any atom is -0.331 e. The Kier molecular flexibility index (Phi) is 3.79. The van der Waals surface area contributed by atoms with Crippen molar-refractivity contribution >= 4 is 33.8 Å². The van der Waals surface area contributed by atoms with Gasteiger partial charge in [0.15, 0.2) is 5.13 Å². The molecule has 1 aromatic heterocycles. The van der Waals surface area contributed by atoms with Crippen molar-refractivity contribution < 1.29 is 0 Å². The highest BCUT2D eigenvalue weighted by Crippen LogP contribution is 2.29. The topological polar surface area (TPSA) is 48.7 Å². The summed E-state index contributed by atoms with van der Waals surface area (Å²) in [4.78, 5) is 4.55. The number of anilines is 2. The Labute approximate surface area is 121 Å². The Morgan fingerprint density at radius 2 is 2.11 bits per heavy atom. The first-order valence-corrected chi connectivity index (χ1v) is 7.08. The van der Waals surface area contributed by atoms with Crippen LogP contribution in [0.3, 0.4) is 0 Å². The molecule has 0 atom stereocenters. The molecule has 2 aromatic rings. The van der Waals surface area contributed by atoms with Crippen LogP contribution in [0.4, 0.5) is 10.8 Å². The van der Waals surface area contributed by atoms with Crippen molar-refractivity contribution in [3.63, 3.8) is 0 Å². The maximum atomic E-state index is 8.83. The maximum absolute atomic E-state index is 8.83. The van der Waals surface area contributed by atoms with Crippen LogP contribution >= 0.6 is 22.9 Å². The Bertz CT molecular complexity index is 635. The summed E-state index contributed by atoms with van der Waals surface area (Å²) in [6, 6.07) is 7.29. The number of rotatable bonds is 2. The predicted octanol–water partition coefficient (Wildman–Crippen LogP) is 4.71. The van der Waals surface area contributed by atoms with Gasteiger partial charge in [0.2, 0.25) is 0 Å². The molecule has 0 bridgehead atoms. The summed E-state index contributed by atoms with van der Waals surface area (Å²) in [5.41, 5.74) is 2.40. The molecule has 1 N–H and O–H groups in total. The number of nitrogens with zero attached hydrogens (tertiary/aromatic N) is 2. The molecule has 0 radical (unpaired) electrons. The van der Waals surface area contributed by atoms with Crippen LogP contribution in [-0.4, -0.2) is 4.98 Å². The average molecular weight is 292 g/mol. The molecule has 3 nitrogen and oxygen atoms in total. The summed E-state index contributed by atoms with van der Waals surface area (Å²) in [5.74, 6) is 0. The van der Waals surface area contributed by atoms with E-state index in [0.29, 0.717) is 10.6 Å². The van der Waals surface area contributed by atoms with E-state index in [1.807, 2.05) is 17.5 Å². The zero-order chi connectivity index (χ0) is 14.0. The van der Waals surface area contributed by atoms with Gasteiger partial charge in [-0.1, -0.05) is 32.4 Å². The maximum Gasteiger partial charge on any atom is 0.187 e. The van der Waals surface area contributed by atoms with E-state index in [-0.39, 0.29) is 5.41 Å². The highest BCUT2D eigenvalue weighted by atomic mass is 35.5. The number of aromatic nitrogens is 1. The SMILES string of the molecule is CC(C)(C)c1csc(Nc2ccc(C#N)c(Cl)c2)n1. The number of nitrogens with one attached hydrogen (secondary N) is 1. The number of hydrogen-bond acceptors (Lipinski definition) is 4. The van der Waals surface area contributed by atoms with Crippen molar-refractivity contribution in [3.8, 4) is 6.07 Å². The summed E-state index contributed by atoms with van der Waals surface area (Å²) in [5, 5.41) is 15.3. The summed E-state index contributed by atoms with van der Waals surface area (Å²) >= 11 is 7.55. The Hall–Kier alpha value is -1.57. The number of benzene rings is 1. The summed E-state index contributed by atoms with van der Waals surface area (Å²) < 4.78 is 0.